The maximum atomic E-state index is 12.8. The Bertz CT molecular complexity index is 1190. The predicted molar refractivity (Wildman–Crippen MR) is 120 cm³/mol. The number of hydrogen-bond donors (Lipinski definition) is 0. The normalized spacial score (nSPS) is 12.8. The number of ether oxygens (including phenoxy) is 1. The largest absolute Gasteiger partial charge is 0.452 e. The van der Waals surface area contributed by atoms with Crippen LogP contribution in [0.1, 0.15) is 27.2 Å². The van der Waals surface area contributed by atoms with Gasteiger partial charge in [0, 0.05) is 41.2 Å². The average molecular weight is 470 g/mol. The van der Waals surface area contributed by atoms with E-state index in [1.54, 1.807) is 4.90 Å². The van der Waals surface area contributed by atoms with Crippen molar-refractivity contribution in [3.05, 3.63) is 80.3 Å². The Hall–Kier alpha value is -3.24. The van der Waals surface area contributed by atoms with Gasteiger partial charge in [0.2, 0.25) is 0 Å². The van der Waals surface area contributed by atoms with Crippen LogP contribution in [0, 0.1) is 17.0 Å². The van der Waals surface area contributed by atoms with E-state index in [2.05, 4.69) is 4.98 Å². The number of rotatable bonds is 6. The zero-order valence-electron chi connectivity index (χ0n) is 17.1. The zero-order chi connectivity index (χ0) is 22.7. The van der Waals surface area contributed by atoms with Gasteiger partial charge in [0.15, 0.2) is 10.9 Å². The number of fused-ring (bicyclic) bond motifs is 1. The number of non-ortho nitro benzene ring substituents is 1. The number of nitro groups is 1. The van der Waals surface area contributed by atoms with E-state index in [4.69, 9.17) is 4.74 Å². The number of aromatic nitrogens is 1. The Morgan fingerprint density at radius 2 is 2.03 bits per heavy atom. The molecule has 2 heterocycles. The van der Waals surface area contributed by atoms with Gasteiger partial charge in [-0.1, -0.05) is 36.0 Å². The van der Waals surface area contributed by atoms with Crippen molar-refractivity contribution in [1.82, 2.24) is 9.88 Å². The lowest BCUT2D eigenvalue weighted by Crippen LogP contribution is -2.38. The van der Waals surface area contributed by atoms with Crippen molar-refractivity contribution in [2.75, 3.05) is 13.2 Å². The molecule has 0 saturated heterocycles. The first-order valence-corrected chi connectivity index (χ1v) is 11.5. The number of thiazole rings is 1. The summed E-state index contributed by atoms with van der Waals surface area (Å²) in [6.45, 7) is 2.45. The highest BCUT2D eigenvalue weighted by atomic mass is 32.2. The van der Waals surface area contributed by atoms with Crippen molar-refractivity contribution < 1.29 is 19.2 Å². The van der Waals surface area contributed by atoms with E-state index in [1.165, 1.54) is 46.9 Å². The van der Waals surface area contributed by atoms with Crippen LogP contribution in [0.15, 0.2) is 57.1 Å². The predicted octanol–water partition coefficient (Wildman–Crippen LogP) is 4.25. The molecule has 0 N–H and O–H groups in total. The molecule has 0 atom stereocenters. The van der Waals surface area contributed by atoms with Gasteiger partial charge in [0.05, 0.1) is 10.5 Å². The van der Waals surface area contributed by atoms with E-state index in [-0.39, 0.29) is 17.2 Å². The van der Waals surface area contributed by atoms with Crippen LogP contribution < -0.4 is 0 Å². The first-order valence-electron chi connectivity index (χ1n) is 9.81. The summed E-state index contributed by atoms with van der Waals surface area (Å²) in [6.07, 6.45) is 0.745. The molecule has 164 valence electrons. The molecule has 0 spiro atoms. The summed E-state index contributed by atoms with van der Waals surface area (Å²) in [5.74, 6) is -1.08. The fourth-order valence-electron chi connectivity index (χ4n) is 3.36. The fourth-order valence-corrected chi connectivity index (χ4v) is 5.25. The monoisotopic (exact) mass is 469 g/mol. The molecule has 32 heavy (non-hydrogen) atoms. The fraction of sp³-hybridized carbons (Fsp3) is 0.227. The number of esters is 1. The first-order chi connectivity index (χ1) is 15.4. The van der Waals surface area contributed by atoms with Crippen LogP contribution in [0.3, 0.4) is 0 Å². The van der Waals surface area contributed by atoms with Crippen molar-refractivity contribution >= 4 is 40.7 Å². The standard InChI is InChI=1S/C22H19N3O5S2/c1-14-13-31-22(23-14)32-19-7-6-17(25(28)29)10-18(19)21(27)30-12-20(26)24-9-8-15-4-2-3-5-16(15)11-24/h2-7,10,13H,8-9,11-12H2,1H3. The van der Waals surface area contributed by atoms with Gasteiger partial charge in [-0.2, -0.15) is 0 Å². The highest BCUT2D eigenvalue weighted by Crippen LogP contribution is 2.34. The zero-order valence-corrected chi connectivity index (χ0v) is 18.8. The Morgan fingerprint density at radius 3 is 2.75 bits per heavy atom. The van der Waals surface area contributed by atoms with E-state index in [0.29, 0.717) is 22.3 Å². The Morgan fingerprint density at radius 1 is 1.25 bits per heavy atom. The summed E-state index contributed by atoms with van der Waals surface area (Å²) in [7, 11) is 0. The van der Waals surface area contributed by atoms with Gasteiger partial charge >= 0.3 is 5.97 Å². The van der Waals surface area contributed by atoms with Crippen LogP contribution in [0.5, 0.6) is 0 Å². The molecule has 10 heteroatoms. The number of aryl methyl sites for hydroxylation is 1. The summed E-state index contributed by atoms with van der Waals surface area (Å²) >= 11 is 2.64. The molecule has 0 unspecified atom stereocenters. The van der Waals surface area contributed by atoms with Gasteiger partial charge in [-0.3, -0.25) is 14.9 Å². The maximum Gasteiger partial charge on any atom is 0.340 e. The number of amides is 1. The molecule has 3 aromatic rings. The van der Waals surface area contributed by atoms with Gasteiger partial charge in [-0.15, -0.1) is 11.3 Å². The third-order valence-electron chi connectivity index (χ3n) is 5.00. The summed E-state index contributed by atoms with van der Waals surface area (Å²) in [5.41, 5.74) is 2.94. The average Bonchev–Trinajstić information content (AvgIpc) is 3.21. The number of carbonyl (C=O) groups is 2. The molecule has 4 rings (SSSR count). The minimum atomic E-state index is -0.782. The summed E-state index contributed by atoms with van der Waals surface area (Å²) in [4.78, 5) is 42.5. The summed E-state index contributed by atoms with van der Waals surface area (Å²) in [5, 5.41) is 13.1. The minimum absolute atomic E-state index is 0.0360. The number of nitro benzene ring substituents is 1. The summed E-state index contributed by atoms with van der Waals surface area (Å²) < 4.78 is 5.97. The number of hydrogen-bond acceptors (Lipinski definition) is 8. The topological polar surface area (TPSA) is 103 Å². The second-order valence-corrected chi connectivity index (χ2v) is 9.35. The first kappa shape index (κ1) is 22.0. The molecule has 8 nitrogen and oxygen atoms in total. The lowest BCUT2D eigenvalue weighted by molar-refractivity contribution is -0.384. The highest BCUT2D eigenvalue weighted by molar-refractivity contribution is 8.01. The molecule has 1 aliphatic rings. The third-order valence-corrected chi connectivity index (χ3v) is 7.13. The summed E-state index contributed by atoms with van der Waals surface area (Å²) in [6, 6.07) is 11.9. The molecule has 0 aliphatic carbocycles. The van der Waals surface area contributed by atoms with Crippen molar-refractivity contribution in [2.45, 2.75) is 29.1 Å². The van der Waals surface area contributed by atoms with Crippen LogP contribution in [0.2, 0.25) is 0 Å². The molecule has 0 bridgehead atoms. The smallest absolute Gasteiger partial charge is 0.340 e. The van der Waals surface area contributed by atoms with Crippen molar-refractivity contribution in [3.63, 3.8) is 0 Å². The van der Waals surface area contributed by atoms with Gasteiger partial charge in [-0.05, 0) is 30.5 Å². The molecule has 0 radical (unpaired) electrons. The molecule has 0 saturated carbocycles. The number of carbonyl (C=O) groups excluding carboxylic acids is 2. The molecular formula is C22H19N3O5S2. The van der Waals surface area contributed by atoms with Crippen molar-refractivity contribution in [1.29, 1.82) is 0 Å². The lowest BCUT2D eigenvalue weighted by Gasteiger charge is -2.28. The van der Waals surface area contributed by atoms with Gasteiger partial charge < -0.3 is 9.64 Å². The van der Waals surface area contributed by atoms with E-state index in [9.17, 15) is 19.7 Å². The van der Waals surface area contributed by atoms with Crippen molar-refractivity contribution in [2.24, 2.45) is 0 Å². The molecule has 1 amide bonds. The quantitative estimate of drug-likeness (QED) is 0.302. The van der Waals surface area contributed by atoms with E-state index in [1.807, 2.05) is 36.6 Å². The van der Waals surface area contributed by atoms with Gasteiger partial charge in [0.1, 0.15) is 0 Å². The van der Waals surface area contributed by atoms with Gasteiger partial charge in [0.25, 0.3) is 11.6 Å². The van der Waals surface area contributed by atoms with Crippen LogP contribution in [0.4, 0.5) is 5.69 Å². The van der Waals surface area contributed by atoms with Crippen LogP contribution in [-0.2, 0) is 22.5 Å². The Kier molecular flexibility index (Phi) is 6.52. The molecule has 2 aromatic carbocycles. The minimum Gasteiger partial charge on any atom is -0.452 e. The third kappa shape index (κ3) is 4.97. The van der Waals surface area contributed by atoms with E-state index < -0.39 is 17.5 Å². The van der Waals surface area contributed by atoms with Crippen LogP contribution in [-0.4, -0.2) is 39.8 Å². The number of benzene rings is 2. The van der Waals surface area contributed by atoms with E-state index in [0.717, 1.165) is 17.7 Å². The maximum absolute atomic E-state index is 12.8. The molecular weight excluding hydrogens is 450 g/mol. The molecule has 1 aliphatic heterocycles. The SMILES string of the molecule is Cc1csc(Sc2ccc([N+](=O)[O-])cc2C(=O)OCC(=O)N2CCc3ccccc3C2)n1. The molecule has 0 fully saturated rings. The van der Waals surface area contributed by atoms with Gasteiger partial charge in [-0.25, -0.2) is 9.78 Å². The Labute approximate surface area is 192 Å². The Balaban J connectivity index is 1.46. The van der Waals surface area contributed by atoms with E-state index >= 15 is 0 Å². The number of nitrogens with zero attached hydrogens (tertiary/aromatic N) is 3. The lowest BCUT2D eigenvalue weighted by atomic mass is 10.00. The highest BCUT2D eigenvalue weighted by Gasteiger charge is 2.24. The van der Waals surface area contributed by atoms with Crippen LogP contribution >= 0.6 is 23.1 Å². The molecule has 1 aromatic heterocycles. The second-order valence-electron chi connectivity index (χ2n) is 7.20. The van der Waals surface area contributed by atoms with Crippen molar-refractivity contribution in [3.8, 4) is 0 Å². The van der Waals surface area contributed by atoms with Crippen LogP contribution in [0.25, 0.3) is 0 Å². The second kappa shape index (κ2) is 9.49.